The lowest BCUT2D eigenvalue weighted by molar-refractivity contribution is -0.140. The Morgan fingerprint density at radius 2 is 1.71 bits per heavy atom. The number of ether oxygens (including phenoxy) is 1. The highest BCUT2D eigenvalue weighted by Crippen LogP contribution is 2.40. The lowest BCUT2D eigenvalue weighted by Gasteiger charge is -2.25. The van der Waals surface area contributed by atoms with Gasteiger partial charge in [0.15, 0.2) is 0 Å². The van der Waals surface area contributed by atoms with Crippen LogP contribution in [0.3, 0.4) is 0 Å². The summed E-state index contributed by atoms with van der Waals surface area (Å²) in [4.78, 5) is 35.4. The first-order valence-corrected chi connectivity index (χ1v) is 9.80. The van der Waals surface area contributed by atoms with Crippen LogP contribution in [0.1, 0.15) is 22.7 Å². The summed E-state index contributed by atoms with van der Waals surface area (Å²) in [5, 5.41) is 11.3. The van der Waals surface area contributed by atoms with Crippen LogP contribution in [0.4, 0.5) is 0 Å². The molecule has 0 aliphatic carbocycles. The fourth-order valence-electron chi connectivity index (χ4n) is 3.59. The molecule has 1 fully saturated rings. The molecule has 0 radical (unpaired) electrons. The number of carbonyl (C=O) groups is 2. The molecule has 0 bridgehead atoms. The zero-order chi connectivity index (χ0) is 22.0. The molecule has 1 aliphatic heterocycles. The van der Waals surface area contributed by atoms with Crippen LogP contribution in [0.2, 0.25) is 5.02 Å². The van der Waals surface area contributed by atoms with Crippen LogP contribution in [0.15, 0.2) is 72.8 Å². The highest BCUT2D eigenvalue weighted by molar-refractivity contribution is 6.46. The van der Waals surface area contributed by atoms with E-state index < -0.39 is 17.7 Å². The van der Waals surface area contributed by atoms with Gasteiger partial charge in [0.25, 0.3) is 11.7 Å². The molecule has 31 heavy (non-hydrogen) atoms. The first-order chi connectivity index (χ1) is 15.0. The highest BCUT2D eigenvalue weighted by Gasteiger charge is 2.46. The summed E-state index contributed by atoms with van der Waals surface area (Å²) in [6.07, 6.45) is 6.39. The molecule has 4 rings (SSSR count). The summed E-state index contributed by atoms with van der Waals surface area (Å²) in [5.74, 6) is -1.33. The Hall–Kier alpha value is -3.71. The summed E-state index contributed by atoms with van der Waals surface area (Å²) < 4.78 is 5.15. The number of benzene rings is 1. The number of hydrogen-bond donors (Lipinski definition) is 1. The monoisotopic (exact) mass is 435 g/mol. The van der Waals surface area contributed by atoms with Crippen molar-refractivity contribution in [3.8, 4) is 5.75 Å². The van der Waals surface area contributed by atoms with Gasteiger partial charge in [-0.05, 0) is 53.6 Å². The maximum absolute atomic E-state index is 13.0. The molecule has 7 nitrogen and oxygen atoms in total. The van der Waals surface area contributed by atoms with Crippen molar-refractivity contribution in [2.24, 2.45) is 0 Å². The number of amides is 1. The molecule has 0 spiro atoms. The first-order valence-electron chi connectivity index (χ1n) is 9.42. The number of rotatable bonds is 5. The number of aliphatic hydroxyl groups excluding tert-OH is 1. The van der Waals surface area contributed by atoms with Crippen molar-refractivity contribution >= 4 is 29.1 Å². The molecule has 1 aromatic carbocycles. The molecule has 1 amide bonds. The van der Waals surface area contributed by atoms with E-state index in [2.05, 4.69) is 9.97 Å². The van der Waals surface area contributed by atoms with Gasteiger partial charge in [0.2, 0.25) is 0 Å². The normalized spacial score (nSPS) is 17.7. The van der Waals surface area contributed by atoms with Crippen LogP contribution in [-0.2, 0) is 16.1 Å². The lowest BCUT2D eigenvalue weighted by Crippen LogP contribution is -2.29. The Morgan fingerprint density at radius 3 is 2.32 bits per heavy atom. The summed E-state index contributed by atoms with van der Waals surface area (Å²) in [7, 11) is 1.48. The quantitative estimate of drug-likeness (QED) is 0.372. The number of ketones is 1. The Bertz CT molecular complexity index is 1170. The van der Waals surface area contributed by atoms with Gasteiger partial charge in [-0.1, -0.05) is 11.6 Å². The second-order valence-corrected chi connectivity index (χ2v) is 7.32. The van der Waals surface area contributed by atoms with Gasteiger partial charge in [-0.2, -0.15) is 0 Å². The Kier molecular flexibility index (Phi) is 5.68. The van der Waals surface area contributed by atoms with E-state index in [1.54, 1.807) is 61.2 Å². The maximum Gasteiger partial charge on any atom is 0.295 e. The van der Waals surface area contributed by atoms with Crippen LogP contribution in [0, 0.1) is 0 Å². The molecule has 3 heterocycles. The van der Waals surface area contributed by atoms with Gasteiger partial charge in [-0.3, -0.25) is 19.6 Å². The molecule has 1 atom stereocenters. The summed E-state index contributed by atoms with van der Waals surface area (Å²) in [6, 6.07) is 10.9. The molecular weight excluding hydrogens is 418 g/mol. The summed E-state index contributed by atoms with van der Waals surface area (Å²) >= 11 is 6.20. The van der Waals surface area contributed by atoms with Crippen molar-refractivity contribution in [3.05, 3.63) is 94.5 Å². The standard InChI is InChI=1S/C23H18ClN3O4/c1-31-18-3-2-16(12-17(18)24)21(28)19-20(15-6-10-26-11-7-15)27(23(30)22(19)29)13-14-4-8-25-9-5-14/h2-12,20,28H,13H2,1H3/b21-19-. The average Bonchev–Trinajstić information content (AvgIpc) is 3.04. The maximum atomic E-state index is 13.0. The van der Waals surface area contributed by atoms with E-state index in [0.717, 1.165) is 5.56 Å². The minimum Gasteiger partial charge on any atom is -0.507 e. The van der Waals surface area contributed by atoms with Crippen molar-refractivity contribution in [1.29, 1.82) is 0 Å². The number of Topliss-reactive ketones (excluding diaryl/α,β-unsaturated/α-hetero) is 1. The number of aromatic nitrogens is 2. The average molecular weight is 436 g/mol. The van der Waals surface area contributed by atoms with E-state index in [9.17, 15) is 14.7 Å². The second-order valence-electron chi connectivity index (χ2n) is 6.91. The Morgan fingerprint density at radius 1 is 1.06 bits per heavy atom. The number of pyridine rings is 2. The van der Waals surface area contributed by atoms with Crippen molar-refractivity contribution in [3.63, 3.8) is 0 Å². The van der Waals surface area contributed by atoms with Gasteiger partial charge in [-0.25, -0.2) is 0 Å². The number of hydrogen-bond acceptors (Lipinski definition) is 6. The topological polar surface area (TPSA) is 92.6 Å². The van der Waals surface area contributed by atoms with Crippen LogP contribution < -0.4 is 4.74 Å². The minimum atomic E-state index is -0.781. The molecule has 1 unspecified atom stereocenters. The number of methoxy groups -OCH3 is 1. The van der Waals surface area contributed by atoms with Crippen molar-refractivity contribution in [2.75, 3.05) is 7.11 Å². The number of likely N-dealkylation sites (tertiary alicyclic amines) is 1. The van der Waals surface area contributed by atoms with E-state index in [1.165, 1.54) is 18.1 Å². The molecule has 1 N–H and O–H groups in total. The first kappa shape index (κ1) is 20.6. The predicted molar refractivity (Wildman–Crippen MR) is 114 cm³/mol. The van der Waals surface area contributed by atoms with Gasteiger partial charge in [0.05, 0.1) is 23.7 Å². The molecular formula is C23H18ClN3O4. The van der Waals surface area contributed by atoms with E-state index in [0.29, 0.717) is 16.9 Å². The van der Waals surface area contributed by atoms with Crippen molar-refractivity contribution in [1.82, 2.24) is 14.9 Å². The summed E-state index contributed by atoms with van der Waals surface area (Å²) in [5.41, 5.74) is 1.77. The molecule has 1 saturated heterocycles. The van der Waals surface area contributed by atoms with Crippen LogP contribution in [0.25, 0.3) is 5.76 Å². The number of nitrogens with zero attached hydrogens (tertiary/aromatic N) is 3. The van der Waals surface area contributed by atoms with Gasteiger partial charge < -0.3 is 14.7 Å². The molecule has 1 aliphatic rings. The van der Waals surface area contributed by atoms with E-state index in [1.807, 2.05) is 0 Å². The van der Waals surface area contributed by atoms with Crippen LogP contribution in [0.5, 0.6) is 5.75 Å². The fourth-order valence-corrected chi connectivity index (χ4v) is 3.85. The lowest BCUT2D eigenvalue weighted by atomic mass is 9.96. The molecule has 3 aromatic rings. The zero-order valence-electron chi connectivity index (χ0n) is 16.5. The Labute approximate surface area is 183 Å². The minimum absolute atomic E-state index is 0.00788. The van der Waals surface area contributed by atoms with Gasteiger partial charge in [-0.15, -0.1) is 0 Å². The van der Waals surface area contributed by atoms with Gasteiger partial charge in [0, 0.05) is 36.9 Å². The van der Waals surface area contributed by atoms with Crippen LogP contribution >= 0.6 is 11.6 Å². The molecule has 8 heteroatoms. The Balaban J connectivity index is 1.85. The molecule has 156 valence electrons. The van der Waals surface area contributed by atoms with Crippen molar-refractivity contribution in [2.45, 2.75) is 12.6 Å². The third-order valence-electron chi connectivity index (χ3n) is 5.09. The highest BCUT2D eigenvalue weighted by atomic mass is 35.5. The number of aliphatic hydroxyl groups is 1. The molecule has 0 saturated carbocycles. The molecule has 2 aromatic heterocycles. The zero-order valence-corrected chi connectivity index (χ0v) is 17.3. The summed E-state index contributed by atoms with van der Waals surface area (Å²) in [6.45, 7) is 0.181. The number of carbonyl (C=O) groups excluding carboxylic acids is 2. The second kappa shape index (κ2) is 8.57. The third-order valence-corrected chi connectivity index (χ3v) is 5.38. The fraction of sp³-hybridized carbons (Fsp3) is 0.130. The predicted octanol–water partition coefficient (Wildman–Crippen LogP) is 3.76. The third kappa shape index (κ3) is 3.87. The van der Waals surface area contributed by atoms with E-state index in [4.69, 9.17) is 16.3 Å². The number of halogens is 1. The van der Waals surface area contributed by atoms with E-state index in [-0.39, 0.29) is 22.9 Å². The van der Waals surface area contributed by atoms with E-state index >= 15 is 0 Å². The van der Waals surface area contributed by atoms with Gasteiger partial charge >= 0.3 is 0 Å². The SMILES string of the molecule is COc1ccc(/C(O)=C2/C(=O)C(=O)N(Cc3ccncc3)C2c2ccncc2)cc1Cl. The van der Waals surface area contributed by atoms with Gasteiger partial charge in [0.1, 0.15) is 11.5 Å². The largest absolute Gasteiger partial charge is 0.507 e. The van der Waals surface area contributed by atoms with Crippen LogP contribution in [-0.4, -0.2) is 38.8 Å². The smallest absolute Gasteiger partial charge is 0.295 e. The van der Waals surface area contributed by atoms with Crippen molar-refractivity contribution < 1.29 is 19.4 Å².